The van der Waals surface area contributed by atoms with Crippen LogP contribution < -0.4 is 27.3 Å². The lowest BCUT2D eigenvalue weighted by Crippen LogP contribution is -2.55. The van der Waals surface area contributed by atoms with Gasteiger partial charge in [0.25, 0.3) is 0 Å². The highest BCUT2D eigenvalue weighted by Gasteiger charge is 2.20. The van der Waals surface area contributed by atoms with Crippen LogP contribution in [0.2, 0.25) is 0 Å². The first-order valence-electron chi connectivity index (χ1n) is 7.56. The van der Waals surface area contributed by atoms with Crippen molar-refractivity contribution >= 4 is 66.5 Å². The van der Waals surface area contributed by atoms with E-state index in [-0.39, 0.29) is 61.1 Å². The van der Waals surface area contributed by atoms with Crippen LogP contribution in [-0.2, 0) is 0 Å². The summed E-state index contributed by atoms with van der Waals surface area (Å²) in [5.41, 5.74) is 0.687. The molecule has 2 nitrogen and oxygen atoms in total. The van der Waals surface area contributed by atoms with Crippen LogP contribution >= 0.6 is 0 Å². The molecule has 3 rings (SSSR count). The molecule has 3 aromatic carbocycles. The summed E-state index contributed by atoms with van der Waals surface area (Å²) < 4.78 is 14.7. The van der Waals surface area contributed by atoms with Gasteiger partial charge in [-0.3, -0.25) is 0 Å². The van der Waals surface area contributed by atoms with Crippen LogP contribution in [-0.4, -0.2) is 49.4 Å². The number of benzene rings is 3. The van der Waals surface area contributed by atoms with E-state index in [9.17, 15) is 14.6 Å². The topological polar surface area (TPSA) is 40.5 Å². The van der Waals surface area contributed by atoms with Crippen molar-refractivity contribution in [1.29, 1.82) is 0 Å². The normalized spacial score (nSPS) is 10.8. The monoisotopic (exact) mass is 330 g/mol. The van der Waals surface area contributed by atoms with Gasteiger partial charge in [-0.05, 0) is 35.4 Å². The van der Waals surface area contributed by atoms with E-state index in [1.807, 2.05) is 0 Å². The molecule has 114 valence electrons. The molecule has 0 amide bonds. The predicted molar refractivity (Wildman–Crippen MR) is 108 cm³/mol. The van der Waals surface area contributed by atoms with Gasteiger partial charge in [0.2, 0.25) is 0 Å². The fourth-order valence-electron chi connectivity index (χ4n) is 2.87. The van der Waals surface area contributed by atoms with Gasteiger partial charge in [-0.2, -0.15) is 0 Å². The lowest BCUT2D eigenvalue weighted by molar-refractivity contribution is 0.461. The standard InChI is InChI=1S/C18H8B5FO2/c19-14-13(15(20)17(22)18(23)16(14)21)8-2-1-3-10(24)12(8)9-6-7(25)4-5-11(9)26/h1-6,25-26H. The van der Waals surface area contributed by atoms with E-state index in [1.54, 1.807) is 6.07 Å². The van der Waals surface area contributed by atoms with Crippen LogP contribution in [0.25, 0.3) is 22.3 Å². The van der Waals surface area contributed by atoms with Crippen molar-refractivity contribution in [3.05, 3.63) is 42.2 Å². The molecule has 3 aromatic rings. The first-order valence-corrected chi connectivity index (χ1v) is 7.56. The maximum absolute atomic E-state index is 14.7. The van der Waals surface area contributed by atoms with Crippen LogP contribution in [0.5, 0.6) is 11.5 Å². The first-order chi connectivity index (χ1) is 12.2. The van der Waals surface area contributed by atoms with E-state index < -0.39 is 5.82 Å². The minimum Gasteiger partial charge on any atom is -0.508 e. The van der Waals surface area contributed by atoms with Crippen molar-refractivity contribution < 1.29 is 14.6 Å². The van der Waals surface area contributed by atoms with Crippen LogP contribution in [0.3, 0.4) is 0 Å². The second-order valence-corrected chi connectivity index (χ2v) is 5.81. The lowest BCUT2D eigenvalue weighted by Gasteiger charge is -2.23. The SMILES string of the molecule is [B]c1c([B])c([B])c(-c2cccc(F)c2-c2cc(O)ccc2O)c([B])c1[B]. The Morgan fingerprint density at radius 3 is 1.85 bits per heavy atom. The number of halogens is 1. The largest absolute Gasteiger partial charge is 0.508 e. The minimum absolute atomic E-state index is 0.0112. The number of hydrogen-bond acceptors (Lipinski definition) is 2. The molecule has 0 aliphatic carbocycles. The Hall–Kier alpha value is -2.49. The van der Waals surface area contributed by atoms with Gasteiger partial charge in [0.1, 0.15) is 56.5 Å². The van der Waals surface area contributed by atoms with Crippen molar-refractivity contribution in [2.75, 3.05) is 0 Å². The molecule has 0 aliphatic heterocycles. The van der Waals surface area contributed by atoms with E-state index in [4.69, 9.17) is 39.2 Å². The van der Waals surface area contributed by atoms with E-state index in [0.29, 0.717) is 0 Å². The third-order valence-corrected chi connectivity index (χ3v) is 4.23. The molecular weight excluding hydrogens is 321 g/mol. The minimum atomic E-state index is -0.656. The molecule has 0 saturated carbocycles. The number of hydrogen-bond donors (Lipinski definition) is 2. The van der Waals surface area contributed by atoms with Gasteiger partial charge in [-0.15, -0.1) is 16.4 Å². The maximum atomic E-state index is 14.7. The molecule has 0 spiro atoms. The third kappa shape index (κ3) is 2.83. The van der Waals surface area contributed by atoms with Crippen molar-refractivity contribution in [2.24, 2.45) is 0 Å². The quantitative estimate of drug-likeness (QED) is 0.446. The average Bonchev–Trinajstić information content (AvgIpc) is 2.61. The highest BCUT2D eigenvalue weighted by Crippen LogP contribution is 2.39. The molecule has 0 fully saturated rings. The molecule has 0 aliphatic rings. The molecule has 8 heteroatoms. The molecule has 10 radical (unpaired) electrons. The Balaban J connectivity index is 2.44. The predicted octanol–water partition coefficient (Wildman–Crippen LogP) is -1.46. The lowest BCUT2D eigenvalue weighted by atomic mass is 9.59. The van der Waals surface area contributed by atoms with Crippen LogP contribution in [0.1, 0.15) is 0 Å². The van der Waals surface area contributed by atoms with E-state index in [0.717, 1.165) is 0 Å². The summed E-state index contributed by atoms with van der Waals surface area (Å²) in [5, 5.41) is 19.9. The Bertz CT molecular complexity index is 1010. The van der Waals surface area contributed by atoms with Crippen molar-refractivity contribution in [2.45, 2.75) is 0 Å². The zero-order valence-electron chi connectivity index (χ0n) is 13.6. The maximum Gasteiger partial charge on any atom is 0.131 e. The van der Waals surface area contributed by atoms with Gasteiger partial charge < -0.3 is 10.2 Å². The summed E-state index contributed by atoms with van der Waals surface area (Å²) in [7, 11) is 29.8. The van der Waals surface area contributed by atoms with Gasteiger partial charge in [0, 0.05) is 11.1 Å². The summed E-state index contributed by atoms with van der Waals surface area (Å²) in [4.78, 5) is 0. The fraction of sp³-hybridized carbons (Fsp3) is 0. The molecule has 0 saturated heterocycles. The number of phenols is 2. The third-order valence-electron chi connectivity index (χ3n) is 4.23. The molecule has 0 bridgehead atoms. The molecule has 0 aromatic heterocycles. The van der Waals surface area contributed by atoms with Crippen LogP contribution in [0.4, 0.5) is 4.39 Å². The summed E-state index contributed by atoms with van der Waals surface area (Å²) in [6, 6.07) is 7.97. The molecule has 26 heavy (non-hydrogen) atoms. The van der Waals surface area contributed by atoms with Gasteiger partial charge in [0.05, 0.1) is 0 Å². The van der Waals surface area contributed by atoms with Gasteiger partial charge >= 0.3 is 0 Å². The first kappa shape index (κ1) is 18.3. The smallest absolute Gasteiger partial charge is 0.131 e. The Kier molecular flexibility index (Phi) is 4.70. The van der Waals surface area contributed by atoms with E-state index >= 15 is 0 Å². The molecule has 2 N–H and O–H groups in total. The summed E-state index contributed by atoms with van der Waals surface area (Å²) in [6.45, 7) is 0. The van der Waals surface area contributed by atoms with E-state index in [2.05, 4.69) is 0 Å². The Morgan fingerprint density at radius 1 is 0.654 bits per heavy atom. The summed E-state index contributed by atoms with van der Waals surface area (Å²) >= 11 is 0. The van der Waals surface area contributed by atoms with Crippen LogP contribution in [0.15, 0.2) is 36.4 Å². The van der Waals surface area contributed by atoms with Crippen molar-refractivity contribution in [3.8, 4) is 33.8 Å². The molecule has 0 heterocycles. The zero-order valence-corrected chi connectivity index (χ0v) is 13.6. The zero-order chi connectivity index (χ0) is 19.2. The van der Waals surface area contributed by atoms with Crippen molar-refractivity contribution in [1.82, 2.24) is 0 Å². The van der Waals surface area contributed by atoms with Crippen molar-refractivity contribution in [3.63, 3.8) is 0 Å². The van der Waals surface area contributed by atoms with Crippen LogP contribution in [0, 0.1) is 5.82 Å². The van der Waals surface area contributed by atoms with E-state index in [1.165, 1.54) is 30.3 Å². The summed E-state index contributed by atoms with van der Waals surface area (Å²) in [5.74, 6) is -1.04. The van der Waals surface area contributed by atoms with Gasteiger partial charge in [-0.1, -0.05) is 23.1 Å². The molecular formula is C18H8B5FO2. The highest BCUT2D eigenvalue weighted by molar-refractivity contribution is 6.68. The average molecular weight is 329 g/mol. The highest BCUT2D eigenvalue weighted by atomic mass is 19.1. The second-order valence-electron chi connectivity index (χ2n) is 5.81. The second kappa shape index (κ2) is 6.67. The Labute approximate surface area is 157 Å². The fourth-order valence-corrected chi connectivity index (χ4v) is 2.87. The molecule has 0 unspecified atom stereocenters. The number of rotatable bonds is 2. The number of phenolic OH excluding ortho intramolecular Hbond substituents is 2. The Morgan fingerprint density at radius 2 is 1.23 bits per heavy atom. The summed E-state index contributed by atoms with van der Waals surface area (Å²) in [6.07, 6.45) is 0. The molecule has 0 atom stereocenters. The van der Waals surface area contributed by atoms with Gasteiger partial charge in [-0.25, -0.2) is 4.39 Å². The number of aromatic hydroxyl groups is 2. The van der Waals surface area contributed by atoms with Gasteiger partial charge in [0.15, 0.2) is 0 Å².